The number of halogens is 3. The van der Waals surface area contributed by atoms with Crippen molar-refractivity contribution in [1.82, 2.24) is 5.32 Å². The maximum Gasteiger partial charge on any atom is 0.418 e. The lowest BCUT2D eigenvalue weighted by molar-refractivity contribution is -0.137. The van der Waals surface area contributed by atoms with E-state index in [0.29, 0.717) is 17.2 Å². The Morgan fingerprint density at radius 3 is 2.45 bits per heavy atom. The second-order valence-corrected chi connectivity index (χ2v) is 11.1. The summed E-state index contributed by atoms with van der Waals surface area (Å²) in [6, 6.07) is 7.64. The molecule has 1 aliphatic heterocycles. The number of hydrogen-bond acceptors (Lipinski definition) is 6. The van der Waals surface area contributed by atoms with Crippen LogP contribution in [0.1, 0.15) is 44.6 Å². The van der Waals surface area contributed by atoms with Crippen LogP contribution in [0.4, 0.5) is 24.5 Å². The van der Waals surface area contributed by atoms with Gasteiger partial charge in [-0.25, -0.2) is 0 Å². The summed E-state index contributed by atoms with van der Waals surface area (Å²) >= 11 is 0. The first kappa shape index (κ1) is 29.4. The SMILES string of the molecule is C[C@H](C(=O)NC1CCCCC1)N(C(=O)C[S@](=O)CC(=O)Nc1ccc2c(c1)OCO2)c1ccccc1C(F)(F)F. The van der Waals surface area contributed by atoms with E-state index in [4.69, 9.17) is 9.47 Å². The fourth-order valence-electron chi connectivity index (χ4n) is 4.74. The summed E-state index contributed by atoms with van der Waals surface area (Å²) in [6.07, 6.45) is -0.432. The Labute approximate surface area is 231 Å². The molecule has 1 heterocycles. The maximum atomic E-state index is 13.9. The third-order valence-corrected chi connectivity index (χ3v) is 7.84. The van der Waals surface area contributed by atoms with Gasteiger partial charge in [-0.05, 0) is 44.0 Å². The Morgan fingerprint density at radius 2 is 1.73 bits per heavy atom. The molecule has 2 atom stereocenters. The molecule has 2 aromatic rings. The van der Waals surface area contributed by atoms with E-state index in [0.717, 1.165) is 49.1 Å². The normalized spacial score (nSPS) is 16.6. The molecule has 0 bridgehead atoms. The average molecular weight is 582 g/mol. The molecule has 1 fully saturated rings. The summed E-state index contributed by atoms with van der Waals surface area (Å²) in [5, 5.41) is 5.39. The van der Waals surface area contributed by atoms with Crippen LogP contribution in [0.25, 0.3) is 0 Å². The van der Waals surface area contributed by atoms with Crippen molar-refractivity contribution in [3.05, 3.63) is 48.0 Å². The quantitative estimate of drug-likeness (QED) is 0.463. The van der Waals surface area contributed by atoms with Crippen LogP contribution in [0.3, 0.4) is 0 Å². The lowest BCUT2D eigenvalue weighted by Gasteiger charge is -2.32. The van der Waals surface area contributed by atoms with Crippen molar-refractivity contribution in [2.45, 2.75) is 57.3 Å². The van der Waals surface area contributed by atoms with E-state index in [9.17, 15) is 31.8 Å². The highest BCUT2D eigenvalue weighted by atomic mass is 32.2. The number of nitrogens with one attached hydrogen (secondary N) is 2. The maximum absolute atomic E-state index is 13.9. The van der Waals surface area contributed by atoms with Crippen LogP contribution in [0.2, 0.25) is 0 Å². The third kappa shape index (κ3) is 7.32. The molecular weight excluding hydrogens is 551 g/mol. The second kappa shape index (κ2) is 12.7. The summed E-state index contributed by atoms with van der Waals surface area (Å²) in [5.74, 6) is -2.67. The molecule has 0 saturated heterocycles. The van der Waals surface area contributed by atoms with Crippen molar-refractivity contribution < 1.29 is 41.2 Å². The van der Waals surface area contributed by atoms with Crippen LogP contribution in [-0.2, 0) is 31.4 Å². The van der Waals surface area contributed by atoms with E-state index < -0.39 is 63.5 Å². The number of anilines is 2. The molecule has 216 valence electrons. The van der Waals surface area contributed by atoms with Crippen LogP contribution < -0.4 is 25.0 Å². The van der Waals surface area contributed by atoms with Gasteiger partial charge in [0.15, 0.2) is 11.5 Å². The minimum Gasteiger partial charge on any atom is -0.454 e. The highest BCUT2D eigenvalue weighted by Crippen LogP contribution is 2.37. The van der Waals surface area contributed by atoms with Crippen LogP contribution >= 0.6 is 0 Å². The van der Waals surface area contributed by atoms with Gasteiger partial charge in [0.25, 0.3) is 0 Å². The highest BCUT2D eigenvalue weighted by molar-refractivity contribution is 7.86. The molecule has 1 saturated carbocycles. The Hall–Kier alpha value is -3.61. The molecule has 13 heteroatoms. The topological polar surface area (TPSA) is 114 Å². The van der Waals surface area contributed by atoms with Crippen LogP contribution in [0, 0.1) is 0 Å². The van der Waals surface area contributed by atoms with E-state index in [1.54, 1.807) is 12.1 Å². The van der Waals surface area contributed by atoms with Crippen molar-refractivity contribution in [3.63, 3.8) is 0 Å². The van der Waals surface area contributed by atoms with Gasteiger partial charge in [-0.3, -0.25) is 23.5 Å². The molecular formula is C27H30F3N3O6S. The molecule has 0 aromatic heterocycles. The zero-order valence-electron chi connectivity index (χ0n) is 21.8. The third-order valence-electron chi connectivity index (χ3n) is 6.69. The van der Waals surface area contributed by atoms with Gasteiger partial charge >= 0.3 is 6.18 Å². The van der Waals surface area contributed by atoms with Crippen LogP contribution in [-0.4, -0.2) is 52.3 Å². The van der Waals surface area contributed by atoms with E-state index in [-0.39, 0.29) is 12.8 Å². The molecule has 2 N–H and O–H groups in total. The Morgan fingerprint density at radius 1 is 1.02 bits per heavy atom. The van der Waals surface area contributed by atoms with Crippen molar-refractivity contribution in [3.8, 4) is 11.5 Å². The van der Waals surface area contributed by atoms with E-state index in [2.05, 4.69) is 10.6 Å². The van der Waals surface area contributed by atoms with Crippen molar-refractivity contribution in [2.75, 3.05) is 28.5 Å². The van der Waals surface area contributed by atoms with Gasteiger partial charge < -0.3 is 20.1 Å². The minimum absolute atomic E-state index is 0.0456. The lowest BCUT2D eigenvalue weighted by Crippen LogP contribution is -2.52. The predicted octanol–water partition coefficient (Wildman–Crippen LogP) is 3.99. The van der Waals surface area contributed by atoms with E-state index >= 15 is 0 Å². The molecule has 1 aliphatic carbocycles. The van der Waals surface area contributed by atoms with Gasteiger partial charge in [0.2, 0.25) is 24.5 Å². The largest absolute Gasteiger partial charge is 0.454 e. The Balaban J connectivity index is 1.48. The molecule has 0 radical (unpaired) electrons. The number of ether oxygens (including phenoxy) is 2. The first-order valence-corrected chi connectivity index (χ1v) is 14.3. The summed E-state index contributed by atoms with van der Waals surface area (Å²) in [6.45, 7) is 1.38. The molecule has 0 spiro atoms. The first-order valence-electron chi connectivity index (χ1n) is 12.9. The zero-order valence-corrected chi connectivity index (χ0v) is 22.6. The molecule has 3 amide bonds. The predicted molar refractivity (Wildman–Crippen MR) is 142 cm³/mol. The number of carbonyl (C=O) groups is 3. The minimum atomic E-state index is -4.81. The Bertz CT molecular complexity index is 1280. The fraction of sp³-hybridized carbons (Fsp3) is 0.444. The lowest BCUT2D eigenvalue weighted by atomic mass is 9.95. The van der Waals surface area contributed by atoms with Crippen LogP contribution in [0.5, 0.6) is 11.5 Å². The second-order valence-electron chi connectivity index (χ2n) is 9.64. The molecule has 40 heavy (non-hydrogen) atoms. The number of alkyl halides is 3. The number of para-hydroxylation sites is 1. The zero-order chi connectivity index (χ0) is 28.9. The first-order chi connectivity index (χ1) is 19.0. The van der Waals surface area contributed by atoms with Crippen molar-refractivity contribution in [1.29, 1.82) is 0 Å². The smallest absolute Gasteiger partial charge is 0.418 e. The molecule has 9 nitrogen and oxygen atoms in total. The average Bonchev–Trinajstić information content (AvgIpc) is 3.37. The number of rotatable bonds is 9. The summed E-state index contributed by atoms with van der Waals surface area (Å²) in [4.78, 5) is 39.7. The number of amides is 3. The number of hydrogen-bond donors (Lipinski definition) is 2. The van der Waals surface area contributed by atoms with Gasteiger partial charge in [-0.15, -0.1) is 0 Å². The monoisotopic (exact) mass is 581 g/mol. The standard InChI is InChI=1S/C27H30F3N3O6S/c1-17(26(36)32-18-7-3-2-4-8-18)33(21-10-6-5-9-20(21)27(28,29)30)25(35)15-40(37)14-24(34)31-19-11-12-22-23(13-19)39-16-38-22/h5-6,9-13,17-18H,2-4,7-8,14-16H2,1H3,(H,31,34)(H,32,36)/t17-,40-/m1/s1. The van der Waals surface area contributed by atoms with Crippen LogP contribution in [0.15, 0.2) is 42.5 Å². The molecule has 2 aromatic carbocycles. The summed E-state index contributed by atoms with van der Waals surface area (Å²) in [7, 11) is -2.08. The number of carbonyl (C=O) groups excluding carboxylic acids is 3. The highest BCUT2D eigenvalue weighted by Gasteiger charge is 2.39. The van der Waals surface area contributed by atoms with Crippen molar-refractivity contribution in [2.24, 2.45) is 0 Å². The van der Waals surface area contributed by atoms with E-state index in [1.165, 1.54) is 25.1 Å². The summed E-state index contributed by atoms with van der Waals surface area (Å²) in [5.41, 5.74) is -1.27. The van der Waals surface area contributed by atoms with Crippen molar-refractivity contribution >= 4 is 39.9 Å². The van der Waals surface area contributed by atoms with Gasteiger partial charge in [-0.1, -0.05) is 31.4 Å². The summed E-state index contributed by atoms with van der Waals surface area (Å²) < 4.78 is 64.9. The number of fused-ring (bicyclic) bond motifs is 1. The van der Waals surface area contributed by atoms with Gasteiger partial charge in [-0.2, -0.15) is 13.2 Å². The van der Waals surface area contributed by atoms with Gasteiger partial charge in [0.05, 0.1) is 11.3 Å². The number of benzene rings is 2. The van der Waals surface area contributed by atoms with Gasteiger partial charge in [0.1, 0.15) is 17.5 Å². The van der Waals surface area contributed by atoms with Gasteiger partial charge in [0, 0.05) is 28.6 Å². The molecule has 2 aliphatic rings. The Kier molecular flexibility index (Phi) is 9.33. The fourth-order valence-corrected chi connectivity index (χ4v) is 5.63. The number of nitrogens with zero attached hydrogens (tertiary/aromatic N) is 1. The van der Waals surface area contributed by atoms with E-state index in [1.807, 2.05) is 0 Å². The molecule has 0 unspecified atom stereocenters. The molecule has 4 rings (SSSR count).